The second kappa shape index (κ2) is 5.21. The molecule has 0 spiro atoms. The van der Waals surface area contributed by atoms with Gasteiger partial charge in [0.25, 0.3) is 0 Å². The predicted octanol–water partition coefficient (Wildman–Crippen LogP) is 5.15. The normalized spacial score (nSPS) is 17.6. The first-order valence-electron chi connectivity index (χ1n) is 6.03. The lowest BCUT2D eigenvalue weighted by atomic mass is 10.1. The lowest BCUT2D eigenvalue weighted by Gasteiger charge is -2.17. The van der Waals surface area contributed by atoms with Crippen molar-refractivity contribution in [1.82, 2.24) is 0 Å². The van der Waals surface area contributed by atoms with Crippen LogP contribution in [0.4, 0.5) is 5.69 Å². The van der Waals surface area contributed by atoms with E-state index in [0.717, 1.165) is 4.47 Å². The third-order valence-electron chi connectivity index (χ3n) is 3.39. The van der Waals surface area contributed by atoms with Crippen molar-refractivity contribution >= 4 is 44.2 Å². The summed E-state index contributed by atoms with van der Waals surface area (Å²) in [5, 5.41) is 3.65. The van der Waals surface area contributed by atoms with Crippen LogP contribution in [0.25, 0.3) is 0 Å². The number of hydrogen-bond donors (Lipinski definition) is 1. The van der Waals surface area contributed by atoms with Gasteiger partial charge in [-0.2, -0.15) is 0 Å². The molecule has 0 radical (unpaired) electrons. The number of anilines is 1. The first-order chi connectivity index (χ1) is 8.74. The smallest absolute Gasteiger partial charge is 0.0520 e. The number of aryl methyl sites for hydroxylation is 1. The molecule has 0 saturated heterocycles. The van der Waals surface area contributed by atoms with Gasteiger partial charge in [-0.15, -0.1) is 0 Å². The van der Waals surface area contributed by atoms with Crippen molar-refractivity contribution in [3.05, 3.63) is 61.6 Å². The molecule has 18 heavy (non-hydrogen) atoms. The molecule has 1 aliphatic rings. The molecule has 2 aromatic rings. The molecule has 1 nitrogen and oxygen atoms in total. The highest BCUT2D eigenvalue weighted by atomic mass is 127. The van der Waals surface area contributed by atoms with Gasteiger partial charge in [0, 0.05) is 13.7 Å². The van der Waals surface area contributed by atoms with Crippen LogP contribution in [0.15, 0.2) is 46.9 Å². The standard InChI is InChI=1S/C15H13BrIN/c16-13-7-6-11(17)9-15(13)18-14-8-5-10-3-1-2-4-12(10)14/h1-4,6-7,9,14,18H,5,8H2. The molecule has 3 heteroatoms. The largest absolute Gasteiger partial charge is 0.377 e. The number of halogens is 2. The van der Waals surface area contributed by atoms with Crippen LogP contribution in [0.2, 0.25) is 0 Å². The first-order valence-corrected chi connectivity index (χ1v) is 7.90. The summed E-state index contributed by atoms with van der Waals surface area (Å²) in [7, 11) is 0. The number of benzene rings is 2. The summed E-state index contributed by atoms with van der Waals surface area (Å²) >= 11 is 5.96. The summed E-state index contributed by atoms with van der Waals surface area (Å²) in [6.07, 6.45) is 2.35. The minimum absolute atomic E-state index is 0.440. The van der Waals surface area contributed by atoms with Crippen LogP contribution < -0.4 is 5.32 Å². The molecule has 0 fully saturated rings. The van der Waals surface area contributed by atoms with Crippen molar-refractivity contribution in [2.75, 3.05) is 5.32 Å². The topological polar surface area (TPSA) is 12.0 Å². The van der Waals surface area contributed by atoms with Crippen LogP contribution in [0.3, 0.4) is 0 Å². The Morgan fingerprint density at radius 3 is 2.89 bits per heavy atom. The van der Waals surface area contributed by atoms with Gasteiger partial charge in [0.2, 0.25) is 0 Å². The Morgan fingerprint density at radius 2 is 2.00 bits per heavy atom. The molecule has 1 unspecified atom stereocenters. The van der Waals surface area contributed by atoms with E-state index in [4.69, 9.17) is 0 Å². The van der Waals surface area contributed by atoms with E-state index in [1.807, 2.05) is 0 Å². The van der Waals surface area contributed by atoms with Gasteiger partial charge in [0.15, 0.2) is 0 Å². The van der Waals surface area contributed by atoms with E-state index in [1.54, 1.807) is 0 Å². The highest BCUT2D eigenvalue weighted by molar-refractivity contribution is 14.1. The molecule has 3 rings (SSSR count). The maximum Gasteiger partial charge on any atom is 0.0520 e. The van der Waals surface area contributed by atoms with Gasteiger partial charge in [-0.3, -0.25) is 0 Å². The zero-order valence-corrected chi connectivity index (χ0v) is 13.5. The quantitative estimate of drug-likeness (QED) is 0.671. The Labute approximate surface area is 129 Å². The summed E-state index contributed by atoms with van der Waals surface area (Å²) in [4.78, 5) is 0. The summed E-state index contributed by atoms with van der Waals surface area (Å²) < 4.78 is 2.39. The summed E-state index contributed by atoms with van der Waals surface area (Å²) in [5.74, 6) is 0. The second-order valence-corrected chi connectivity index (χ2v) is 6.66. The van der Waals surface area contributed by atoms with Gasteiger partial charge in [-0.1, -0.05) is 24.3 Å². The van der Waals surface area contributed by atoms with E-state index in [-0.39, 0.29) is 0 Å². The van der Waals surface area contributed by atoms with Crippen LogP contribution in [0.1, 0.15) is 23.6 Å². The Morgan fingerprint density at radius 1 is 1.17 bits per heavy atom. The minimum Gasteiger partial charge on any atom is -0.377 e. The van der Waals surface area contributed by atoms with Gasteiger partial charge in [-0.05, 0) is 80.7 Å². The van der Waals surface area contributed by atoms with Crippen molar-refractivity contribution in [2.24, 2.45) is 0 Å². The zero-order chi connectivity index (χ0) is 12.5. The Hall–Kier alpha value is -0.550. The highest BCUT2D eigenvalue weighted by Gasteiger charge is 2.22. The molecule has 92 valence electrons. The van der Waals surface area contributed by atoms with Crippen LogP contribution in [-0.4, -0.2) is 0 Å². The molecule has 0 aliphatic heterocycles. The fraction of sp³-hybridized carbons (Fsp3) is 0.200. The third-order valence-corrected chi connectivity index (χ3v) is 4.75. The van der Waals surface area contributed by atoms with E-state index in [9.17, 15) is 0 Å². The van der Waals surface area contributed by atoms with Crippen LogP contribution in [0.5, 0.6) is 0 Å². The maximum atomic E-state index is 3.65. The number of nitrogens with one attached hydrogen (secondary N) is 1. The SMILES string of the molecule is Brc1ccc(I)cc1NC1CCc2ccccc21. The zero-order valence-electron chi connectivity index (χ0n) is 9.79. The predicted molar refractivity (Wildman–Crippen MR) is 88.0 cm³/mol. The van der Waals surface area contributed by atoms with E-state index >= 15 is 0 Å². The van der Waals surface area contributed by atoms with Gasteiger partial charge in [0.05, 0.1) is 6.04 Å². The average molecular weight is 414 g/mol. The highest BCUT2D eigenvalue weighted by Crippen LogP contribution is 2.35. The van der Waals surface area contributed by atoms with Gasteiger partial charge in [0.1, 0.15) is 0 Å². The molecule has 0 heterocycles. The van der Waals surface area contributed by atoms with Crippen molar-refractivity contribution in [2.45, 2.75) is 18.9 Å². The van der Waals surface area contributed by atoms with Crippen molar-refractivity contribution in [3.63, 3.8) is 0 Å². The number of fused-ring (bicyclic) bond motifs is 1. The monoisotopic (exact) mass is 413 g/mol. The van der Waals surface area contributed by atoms with Gasteiger partial charge in [-0.25, -0.2) is 0 Å². The van der Waals surface area contributed by atoms with E-state index in [0.29, 0.717) is 6.04 Å². The van der Waals surface area contributed by atoms with Crippen LogP contribution in [-0.2, 0) is 6.42 Å². The second-order valence-electron chi connectivity index (χ2n) is 4.56. The fourth-order valence-corrected chi connectivity index (χ4v) is 3.36. The van der Waals surface area contributed by atoms with Crippen molar-refractivity contribution in [1.29, 1.82) is 0 Å². The Balaban J connectivity index is 1.88. The van der Waals surface area contributed by atoms with E-state index < -0.39 is 0 Å². The van der Waals surface area contributed by atoms with Gasteiger partial charge >= 0.3 is 0 Å². The van der Waals surface area contributed by atoms with E-state index in [2.05, 4.69) is 86.3 Å². The molecule has 0 amide bonds. The molecule has 2 aromatic carbocycles. The Bertz CT molecular complexity index is 582. The lowest BCUT2D eigenvalue weighted by Crippen LogP contribution is -2.07. The average Bonchev–Trinajstić information content (AvgIpc) is 2.78. The molecule has 1 N–H and O–H groups in total. The van der Waals surface area contributed by atoms with Crippen LogP contribution in [0, 0.1) is 3.57 Å². The molecule has 0 saturated carbocycles. The fourth-order valence-electron chi connectivity index (χ4n) is 2.50. The van der Waals surface area contributed by atoms with Gasteiger partial charge < -0.3 is 5.32 Å². The minimum atomic E-state index is 0.440. The third kappa shape index (κ3) is 2.43. The first kappa shape index (κ1) is 12.5. The molecule has 1 atom stereocenters. The molecule has 0 aromatic heterocycles. The molecular weight excluding hydrogens is 401 g/mol. The summed E-state index contributed by atoms with van der Waals surface area (Å²) in [6.45, 7) is 0. The number of rotatable bonds is 2. The number of hydrogen-bond acceptors (Lipinski definition) is 1. The van der Waals surface area contributed by atoms with Crippen LogP contribution >= 0.6 is 38.5 Å². The lowest BCUT2D eigenvalue weighted by molar-refractivity contribution is 0.761. The molecule has 0 bridgehead atoms. The summed E-state index contributed by atoms with van der Waals surface area (Å²) in [5.41, 5.74) is 4.11. The maximum absolute atomic E-state index is 3.65. The van der Waals surface area contributed by atoms with Crippen molar-refractivity contribution < 1.29 is 0 Å². The Kier molecular flexibility index (Phi) is 3.61. The molecule has 1 aliphatic carbocycles. The summed E-state index contributed by atoms with van der Waals surface area (Å²) in [6, 6.07) is 15.6. The molecular formula is C15H13BrIN. The van der Waals surface area contributed by atoms with Crippen molar-refractivity contribution in [3.8, 4) is 0 Å². The van der Waals surface area contributed by atoms with E-state index in [1.165, 1.54) is 33.2 Å².